The van der Waals surface area contributed by atoms with E-state index in [9.17, 15) is 4.79 Å². The highest BCUT2D eigenvalue weighted by molar-refractivity contribution is 5.97. The zero-order chi connectivity index (χ0) is 15.0. The van der Waals surface area contributed by atoms with Gasteiger partial charge >= 0.3 is 0 Å². The molecular weight excluding hydrogens is 272 g/mol. The van der Waals surface area contributed by atoms with E-state index in [0.29, 0.717) is 25.3 Å². The molecule has 1 aliphatic rings. The van der Waals surface area contributed by atoms with E-state index in [4.69, 9.17) is 9.84 Å². The van der Waals surface area contributed by atoms with Crippen LogP contribution in [-0.4, -0.2) is 63.1 Å². The van der Waals surface area contributed by atoms with Gasteiger partial charge in [0.2, 0.25) is 0 Å². The third kappa shape index (κ3) is 2.50. The molecule has 1 saturated heterocycles. The Kier molecular flexibility index (Phi) is 3.60. The van der Waals surface area contributed by atoms with Gasteiger partial charge in [0.15, 0.2) is 5.65 Å². The minimum Gasteiger partial charge on any atom is -0.394 e. The normalized spacial score (nSPS) is 19.2. The highest BCUT2D eigenvalue weighted by Gasteiger charge is 2.25. The smallest absolute Gasteiger partial charge is 0.255 e. The third-order valence-corrected chi connectivity index (χ3v) is 3.74. The second-order valence-electron chi connectivity index (χ2n) is 5.23. The van der Waals surface area contributed by atoms with Crippen LogP contribution < -0.4 is 0 Å². The first-order chi connectivity index (χ1) is 10.1. The predicted molar refractivity (Wildman–Crippen MR) is 76.0 cm³/mol. The average molecular weight is 290 g/mol. The van der Waals surface area contributed by atoms with Crippen molar-refractivity contribution in [2.45, 2.75) is 13.0 Å². The fraction of sp³-hybridized carbons (Fsp3) is 0.500. The third-order valence-electron chi connectivity index (χ3n) is 3.74. The summed E-state index contributed by atoms with van der Waals surface area (Å²) in [5.41, 5.74) is 2.15. The standard InChI is InChI=1S/C14H18N4O3/c1-9-12-5-10(6-15-13(12)17(2)16-9)14(20)18-3-4-21-11(7-18)8-19/h5-6,11,19H,3-4,7-8H2,1-2H3. The van der Waals surface area contributed by atoms with Gasteiger partial charge < -0.3 is 14.7 Å². The monoisotopic (exact) mass is 290 g/mol. The molecule has 21 heavy (non-hydrogen) atoms. The number of fused-ring (bicyclic) bond motifs is 1. The SMILES string of the molecule is Cc1nn(C)c2ncc(C(=O)N3CCOC(CO)C3)cc12. The summed E-state index contributed by atoms with van der Waals surface area (Å²) >= 11 is 0. The number of ether oxygens (including phenoxy) is 1. The van der Waals surface area contributed by atoms with E-state index in [-0.39, 0.29) is 18.6 Å². The van der Waals surface area contributed by atoms with Gasteiger partial charge in [-0.25, -0.2) is 4.98 Å². The van der Waals surface area contributed by atoms with Crippen molar-refractivity contribution in [1.82, 2.24) is 19.7 Å². The van der Waals surface area contributed by atoms with E-state index >= 15 is 0 Å². The van der Waals surface area contributed by atoms with E-state index in [1.54, 1.807) is 15.8 Å². The molecule has 2 aromatic rings. The van der Waals surface area contributed by atoms with Crippen LogP contribution >= 0.6 is 0 Å². The molecule has 0 aliphatic carbocycles. The number of aliphatic hydroxyl groups excluding tert-OH is 1. The molecule has 112 valence electrons. The molecule has 1 fully saturated rings. The Balaban J connectivity index is 1.89. The highest BCUT2D eigenvalue weighted by Crippen LogP contribution is 2.18. The maximum absolute atomic E-state index is 12.5. The molecule has 1 amide bonds. The van der Waals surface area contributed by atoms with Crippen LogP contribution in [0.4, 0.5) is 0 Å². The number of amides is 1. The minimum absolute atomic E-state index is 0.0806. The van der Waals surface area contributed by atoms with Crippen molar-refractivity contribution in [2.24, 2.45) is 7.05 Å². The van der Waals surface area contributed by atoms with Gasteiger partial charge in [0.25, 0.3) is 5.91 Å². The molecular formula is C14H18N4O3. The number of carbonyl (C=O) groups excluding carboxylic acids is 1. The Hall–Kier alpha value is -1.99. The van der Waals surface area contributed by atoms with Gasteiger partial charge in [0.05, 0.1) is 30.6 Å². The highest BCUT2D eigenvalue weighted by atomic mass is 16.5. The van der Waals surface area contributed by atoms with Gasteiger partial charge in [-0.1, -0.05) is 0 Å². The molecule has 0 aromatic carbocycles. The molecule has 3 heterocycles. The molecule has 7 heteroatoms. The summed E-state index contributed by atoms with van der Waals surface area (Å²) in [7, 11) is 1.83. The molecule has 1 unspecified atom stereocenters. The molecule has 0 spiro atoms. The zero-order valence-electron chi connectivity index (χ0n) is 12.1. The van der Waals surface area contributed by atoms with Crippen molar-refractivity contribution in [1.29, 1.82) is 0 Å². The Morgan fingerprint density at radius 2 is 2.38 bits per heavy atom. The number of carbonyl (C=O) groups is 1. The second-order valence-corrected chi connectivity index (χ2v) is 5.23. The molecule has 1 aliphatic heterocycles. The molecule has 0 bridgehead atoms. The van der Waals surface area contributed by atoms with E-state index in [1.165, 1.54) is 0 Å². The van der Waals surface area contributed by atoms with Crippen molar-refractivity contribution >= 4 is 16.9 Å². The van der Waals surface area contributed by atoms with Crippen LogP contribution in [-0.2, 0) is 11.8 Å². The van der Waals surface area contributed by atoms with Gasteiger partial charge in [-0.15, -0.1) is 0 Å². The Morgan fingerprint density at radius 3 is 3.14 bits per heavy atom. The number of morpholine rings is 1. The maximum atomic E-state index is 12.5. The van der Waals surface area contributed by atoms with E-state index in [2.05, 4.69) is 10.1 Å². The summed E-state index contributed by atoms with van der Waals surface area (Å²) in [6.07, 6.45) is 1.27. The summed E-state index contributed by atoms with van der Waals surface area (Å²) < 4.78 is 7.07. The molecule has 2 aromatic heterocycles. The number of hydrogen-bond acceptors (Lipinski definition) is 5. The van der Waals surface area contributed by atoms with Gasteiger partial charge in [-0.3, -0.25) is 9.48 Å². The molecule has 1 N–H and O–H groups in total. The fourth-order valence-electron chi connectivity index (χ4n) is 2.62. The van der Waals surface area contributed by atoms with Gasteiger partial charge in [-0.2, -0.15) is 5.10 Å². The molecule has 0 saturated carbocycles. The fourth-order valence-corrected chi connectivity index (χ4v) is 2.62. The van der Waals surface area contributed by atoms with Crippen molar-refractivity contribution < 1.29 is 14.6 Å². The lowest BCUT2D eigenvalue weighted by Crippen LogP contribution is -2.46. The predicted octanol–water partition coefficient (Wildman–Crippen LogP) is 0.110. The lowest BCUT2D eigenvalue weighted by Gasteiger charge is -2.32. The summed E-state index contributed by atoms with van der Waals surface area (Å²) in [5, 5.41) is 14.3. The molecule has 7 nitrogen and oxygen atoms in total. The summed E-state index contributed by atoms with van der Waals surface area (Å²) in [5.74, 6) is -0.0885. The Morgan fingerprint density at radius 1 is 1.57 bits per heavy atom. The first-order valence-electron chi connectivity index (χ1n) is 6.91. The van der Waals surface area contributed by atoms with Gasteiger partial charge in [-0.05, 0) is 13.0 Å². The number of pyridine rings is 1. The summed E-state index contributed by atoms with van der Waals surface area (Å²) in [6, 6.07) is 1.83. The lowest BCUT2D eigenvalue weighted by molar-refractivity contribution is -0.0447. The summed E-state index contributed by atoms with van der Waals surface area (Å²) in [4.78, 5) is 18.6. The number of hydrogen-bond donors (Lipinski definition) is 1. The number of rotatable bonds is 2. The van der Waals surface area contributed by atoms with E-state index in [1.807, 2.05) is 20.0 Å². The summed E-state index contributed by atoms with van der Waals surface area (Å²) in [6.45, 7) is 3.19. The van der Waals surface area contributed by atoms with Crippen LogP contribution in [0.3, 0.4) is 0 Å². The molecule has 0 radical (unpaired) electrons. The Bertz CT molecular complexity index is 682. The van der Waals surface area contributed by atoms with Crippen molar-refractivity contribution in [2.75, 3.05) is 26.3 Å². The van der Waals surface area contributed by atoms with Gasteiger partial charge in [0, 0.05) is 31.7 Å². The molecule has 1 atom stereocenters. The first kappa shape index (κ1) is 14.0. The van der Waals surface area contributed by atoms with Gasteiger partial charge in [0.1, 0.15) is 0 Å². The first-order valence-corrected chi connectivity index (χ1v) is 6.91. The van der Waals surface area contributed by atoms with Crippen LogP contribution in [0, 0.1) is 6.92 Å². The number of nitrogens with zero attached hydrogens (tertiary/aromatic N) is 4. The zero-order valence-corrected chi connectivity index (χ0v) is 12.1. The van der Waals surface area contributed by atoms with E-state index in [0.717, 1.165) is 16.7 Å². The number of aromatic nitrogens is 3. The van der Waals surface area contributed by atoms with Crippen molar-refractivity contribution in [3.05, 3.63) is 23.5 Å². The largest absolute Gasteiger partial charge is 0.394 e. The van der Waals surface area contributed by atoms with E-state index < -0.39 is 0 Å². The quantitative estimate of drug-likeness (QED) is 0.849. The topological polar surface area (TPSA) is 80.5 Å². The number of aryl methyl sites for hydroxylation is 2. The van der Waals surface area contributed by atoms with Crippen LogP contribution in [0.5, 0.6) is 0 Å². The minimum atomic E-state index is -0.306. The van der Waals surface area contributed by atoms with Crippen molar-refractivity contribution in [3.63, 3.8) is 0 Å². The van der Waals surface area contributed by atoms with Crippen LogP contribution in [0.1, 0.15) is 16.1 Å². The second kappa shape index (κ2) is 5.42. The van der Waals surface area contributed by atoms with Crippen LogP contribution in [0.25, 0.3) is 11.0 Å². The lowest BCUT2D eigenvalue weighted by atomic mass is 10.1. The Labute approximate surface area is 122 Å². The van der Waals surface area contributed by atoms with Crippen LogP contribution in [0.15, 0.2) is 12.3 Å². The maximum Gasteiger partial charge on any atom is 0.255 e. The number of aliphatic hydroxyl groups is 1. The van der Waals surface area contributed by atoms with Crippen LogP contribution in [0.2, 0.25) is 0 Å². The average Bonchev–Trinajstić information content (AvgIpc) is 2.81. The molecule has 3 rings (SSSR count). The van der Waals surface area contributed by atoms with Crippen molar-refractivity contribution in [3.8, 4) is 0 Å².